The Bertz CT molecular complexity index is 413. The fourth-order valence-corrected chi connectivity index (χ4v) is 2.10. The summed E-state index contributed by atoms with van der Waals surface area (Å²) >= 11 is 0. The van der Waals surface area contributed by atoms with E-state index in [0.717, 1.165) is 24.8 Å². The number of nitriles is 1. The van der Waals surface area contributed by atoms with Gasteiger partial charge < -0.3 is 5.11 Å². The summed E-state index contributed by atoms with van der Waals surface area (Å²) in [5, 5.41) is 18.3. The van der Waals surface area contributed by atoms with Gasteiger partial charge >= 0.3 is 0 Å². The second kappa shape index (κ2) is 4.96. The van der Waals surface area contributed by atoms with E-state index < -0.39 is 0 Å². The minimum atomic E-state index is -0.172. The van der Waals surface area contributed by atoms with Crippen molar-refractivity contribution in [1.82, 2.24) is 0 Å². The van der Waals surface area contributed by atoms with Crippen LogP contribution in [0.4, 0.5) is 0 Å². The van der Waals surface area contributed by atoms with Crippen molar-refractivity contribution in [1.29, 1.82) is 5.26 Å². The van der Waals surface area contributed by atoms with Gasteiger partial charge in [0.2, 0.25) is 0 Å². The van der Waals surface area contributed by atoms with Crippen molar-refractivity contribution < 1.29 is 5.11 Å². The average molecular weight is 213 g/mol. The van der Waals surface area contributed by atoms with E-state index in [2.05, 4.69) is 12.1 Å². The van der Waals surface area contributed by atoms with Gasteiger partial charge in [-0.2, -0.15) is 5.26 Å². The van der Waals surface area contributed by atoms with Crippen LogP contribution >= 0.6 is 0 Å². The lowest BCUT2D eigenvalue weighted by Gasteiger charge is -2.08. The van der Waals surface area contributed by atoms with Gasteiger partial charge in [0.1, 0.15) is 0 Å². The van der Waals surface area contributed by atoms with Crippen molar-refractivity contribution in [2.45, 2.75) is 25.4 Å². The van der Waals surface area contributed by atoms with E-state index >= 15 is 0 Å². The zero-order chi connectivity index (χ0) is 11.4. The van der Waals surface area contributed by atoms with Gasteiger partial charge in [0.25, 0.3) is 0 Å². The molecule has 1 saturated carbocycles. The maximum atomic E-state index is 9.65. The molecule has 2 atom stereocenters. The lowest BCUT2D eigenvalue weighted by molar-refractivity contribution is 0.153. The van der Waals surface area contributed by atoms with Crippen molar-refractivity contribution in [2.24, 2.45) is 5.92 Å². The number of rotatable bonds is 2. The van der Waals surface area contributed by atoms with E-state index in [1.54, 1.807) is 0 Å². The average Bonchev–Trinajstić information content (AvgIpc) is 2.73. The molecule has 1 aromatic rings. The van der Waals surface area contributed by atoms with Gasteiger partial charge in [-0.1, -0.05) is 30.7 Å². The minimum Gasteiger partial charge on any atom is -0.393 e. The third kappa shape index (κ3) is 2.50. The van der Waals surface area contributed by atoms with Crippen LogP contribution in [-0.4, -0.2) is 11.2 Å². The van der Waals surface area contributed by atoms with Crippen LogP contribution in [0.2, 0.25) is 0 Å². The van der Waals surface area contributed by atoms with E-state index in [4.69, 9.17) is 5.26 Å². The molecule has 1 aromatic carbocycles. The molecule has 1 fully saturated rings. The molecule has 0 bridgehead atoms. The van der Waals surface area contributed by atoms with Gasteiger partial charge in [-0.3, -0.25) is 0 Å². The Morgan fingerprint density at radius 2 is 2.00 bits per heavy atom. The van der Waals surface area contributed by atoms with Crippen LogP contribution in [0.25, 0.3) is 6.08 Å². The van der Waals surface area contributed by atoms with Crippen molar-refractivity contribution >= 4 is 6.08 Å². The topological polar surface area (TPSA) is 44.0 Å². The molecule has 2 heteroatoms. The fourth-order valence-electron chi connectivity index (χ4n) is 2.10. The van der Waals surface area contributed by atoms with E-state index in [0.29, 0.717) is 11.5 Å². The largest absolute Gasteiger partial charge is 0.393 e. The minimum absolute atomic E-state index is 0.172. The maximum Gasteiger partial charge on any atom is 0.0991 e. The Morgan fingerprint density at radius 3 is 2.56 bits per heavy atom. The molecule has 16 heavy (non-hydrogen) atoms. The standard InChI is InChI=1S/C14H15NO/c15-10-12-6-4-11(5-7-12)8-9-13-2-1-3-14(13)16/h4-9,13-14,16H,1-3H2/b9-8+. The number of aliphatic hydroxyl groups is 1. The lowest BCUT2D eigenvalue weighted by atomic mass is 10.0. The molecular weight excluding hydrogens is 198 g/mol. The van der Waals surface area contributed by atoms with Crippen LogP contribution in [0.15, 0.2) is 30.3 Å². The summed E-state index contributed by atoms with van der Waals surface area (Å²) in [5.74, 6) is 0.302. The molecule has 0 heterocycles. The third-order valence-electron chi connectivity index (χ3n) is 3.11. The highest BCUT2D eigenvalue weighted by Gasteiger charge is 2.22. The summed E-state index contributed by atoms with van der Waals surface area (Å²) in [6, 6.07) is 9.57. The fraction of sp³-hybridized carbons (Fsp3) is 0.357. The molecule has 1 N–H and O–H groups in total. The van der Waals surface area contributed by atoms with Gasteiger partial charge in [-0.15, -0.1) is 0 Å². The van der Waals surface area contributed by atoms with Gasteiger partial charge in [0, 0.05) is 5.92 Å². The number of benzene rings is 1. The molecule has 1 aliphatic carbocycles. The number of hydrogen-bond acceptors (Lipinski definition) is 2. The Hall–Kier alpha value is -1.59. The highest BCUT2D eigenvalue weighted by atomic mass is 16.3. The highest BCUT2D eigenvalue weighted by molar-refractivity contribution is 5.51. The van der Waals surface area contributed by atoms with Crippen LogP contribution < -0.4 is 0 Å². The van der Waals surface area contributed by atoms with Crippen molar-refractivity contribution in [3.8, 4) is 6.07 Å². The van der Waals surface area contributed by atoms with Crippen molar-refractivity contribution in [3.63, 3.8) is 0 Å². The van der Waals surface area contributed by atoms with Gasteiger partial charge in [-0.25, -0.2) is 0 Å². The Morgan fingerprint density at radius 1 is 1.25 bits per heavy atom. The zero-order valence-electron chi connectivity index (χ0n) is 9.13. The van der Waals surface area contributed by atoms with Gasteiger partial charge in [0.15, 0.2) is 0 Å². The van der Waals surface area contributed by atoms with Gasteiger partial charge in [0.05, 0.1) is 17.7 Å². The zero-order valence-corrected chi connectivity index (χ0v) is 9.13. The van der Waals surface area contributed by atoms with Crippen molar-refractivity contribution in [3.05, 3.63) is 41.5 Å². The third-order valence-corrected chi connectivity index (χ3v) is 3.11. The van der Waals surface area contributed by atoms with E-state index in [-0.39, 0.29) is 6.10 Å². The Kier molecular flexibility index (Phi) is 3.38. The van der Waals surface area contributed by atoms with Crippen LogP contribution in [-0.2, 0) is 0 Å². The quantitative estimate of drug-likeness (QED) is 0.820. The Labute approximate surface area is 95.8 Å². The predicted molar refractivity (Wildman–Crippen MR) is 63.5 cm³/mol. The normalized spacial score (nSPS) is 24.8. The summed E-state index contributed by atoms with van der Waals surface area (Å²) in [7, 11) is 0. The monoisotopic (exact) mass is 213 g/mol. The summed E-state index contributed by atoms with van der Waals surface area (Å²) in [5.41, 5.74) is 1.76. The lowest BCUT2D eigenvalue weighted by Crippen LogP contribution is -2.09. The first-order valence-corrected chi connectivity index (χ1v) is 5.66. The smallest absolute Gasteiger partial charge is 0.0991 e. The van der Waals surface area contributed by atoms with Crippen LogP contribution in [0, 0.1) is 17.2 Å². The molecule has 1 aliphatic rings. The SMILES string of the molecule is N#Cc1ccc(/C=C/C2CCCC2O)cc1. The molecule has 0 saturated heterocycles. The molecule has 0 aromatic heterocycles. The number of aliphatic hydroxyl groups excluding tert-OH is 1. The first-order valence-electron chi connectivity index (χ1n) is 5.66. The summed E-state index contributed by atoms with van der Waals surface area (Å²) in [4.78, 5) is 0. The molecule has 82 valence electrons. The van der Waals surface area contributed by atoms with E-state index in [9.17, 15) is 5.11 Å². The molecular formula is C14H15NO. The second-order valence-electron chi connectivity index (χ2n) is 4.26. The van der Waals surface area contributed by atoms with E-state index in [1.807, 2.05) is 30.3 Å². The first-order chi connectivity index (χ1) is 7.79. The highest BCUT2D eigenvalue weighted by Crippen LogP contribution is 2.27. The van der Waals surface area contributed by atoms with Crippen molar-refractivity contribution in [2.75, 3.05) is 0 Å². The predicted octanol–water partition coefficient (Wildman–Crippen LogP) is 2.73. The molecule has 0 amide bonds. The molecule has 0 radical (unpaired) electrons. The molecule has 0 spiro atoms. The van der Waals surface area contributed by atoms with Crippen LogP contribution in [0.1, 0.15) is 30.4 Å². The number of nitrogens with zero attached hydrogens (tertiary/aromatic N) is 1. The Balaban J connectivity index is 2.03. The summed E-state index contributed by atoms with van der Waals surface area (Å²) in [6.45, 7) is 0. The maximum absolute atomic E-state index is 9.65. The van der Waals surface area contributed by atoms with Crippen LogP contribution in [0.5, 0.6) is 0 Å². The van der Waals surface area contributed by atoms with Crippen LogP contribution in [0.3, 0.4) is 0 Å². The first kappa shape index (κ1) is 10.9. The molecule has 2 nitrogen and oxygen atoms in total. The molecule has 2 rings (SSSR count). The van der Waals surface area contributed by atoms with E-state index in [1.165, 1.54) is 0 Å². The summed E-state index contributed by atoms with van der Waals surface area (Å²) in [6.07, 6.45) is 7.05. The summed E-state index contributed by atoms with van der Waals surface area (Å²) < 4.78 is 0. The second-order valence-corrected chi connectivity index (χ2v) is 4.26. The molecule has 2 unspecified atom stereocenters. The van der Waals surface area contributed by atoms with Gasteiger partial charge in [-0.05, 0) is 30.5 Å². The molecule has 0 aliphatic heterocycles. The number of hydrogen-bond donors (Lipinski definition) is 1.